The van der Waals surface area contributed by atoms with Crippen molar-refractivity contribution in [2.45, 2.75) is 43.4 Å². The van der Waals surface area contributed by atoms with Crippen LogP contribution in [0.15, 0.2) is 21.6 Å². The average Bonchev–Trinajstić information content (AvgIpc) is 3.21. The summed E-state index contributed by atoms with van der Waals surface area (Å²) >= 11 is 0. The van der Waals surface area contributed by atoms with Gasteiger partial charge in [-0.15, -0.1) is 0 Å². The fourth-order valence-corrected chi connectivity index (χ4v) is 4.58. The van der Waals surface area contributed by atoms with Gasteiger partial charge in [-0.25, -0.2) is 8.42 Å². The Labute approximate surface area is 129 Å². The smallest absolute Gasteiger partial charge is 0.320 e. The topological polar surface area (TPSA) is 91.1 Å². The first-order chi connectivity index (χ1) is 10.5. The highest BCUT2D eigenvalue weighted by Gasteiger charge is 2.33. The lowest BCUT2D eigenvalue weighted by Gasteiger charge is -2.19. The minimum Gasteiger partial charge on any atom is -0.480 e. The van der Waals surface area contributed by atoms with Crippen LogP contribution in [-0.2, 0) is 21.4 Å². The van der Waals surface area contributed by atoms with Crippen molar-refractivity contribution >= 4 is 16.0 Å². The molecular formula is C14H20N2O5S. The number of rotatable bonds is 5. The lowest BCUT2D eigenvalue weighted by Crippen LogP contribution is -2.35. The average molecular weight is 328 g/mol. The zero-order chi connectivity index (χ0) is 15.7. The Bertz CT molecular complexity index is 648. The summed E-state index contributed by atoms with van der Waals surface area (Å²) in [5.74, 6) is -0.347. The normalized spacial score (nSPS) is 24.1. The van der Waals surface area contributed by atoms with Crippen molar-refractivity contribution in [3.8, 4) is 0 Å². The van der Waals surface area contributed by atoms with Crippen molar-refractivity contribution < 1.29 is 22.7 Å². The van der Waals surface area contributed by atoms with Crippen LogP contribution in [0.3, 0.4) is 0 Å². The maximum atomic E-state index is 12.4. The third-order valence-corrected chi connectivity index (χ3v) is 6.08. The molecular weight excluding hydrogens is 308 g/mol. The summed E-state index contributed by atoms with van der Waals surface area (Å²) in [5, 5.41) is 9.12. The van der Waals surface area contributed by atoms with Gasteiger partial charge in [-0.3, -0.25) is 9.69 Å². The zero-order valence-electron chi connectivity index (χ0n) is 12.3. The molecule has 22 heavy (non-hydrogen) atoms. The molecule has 0 radical (unpaired) electrons. The monoisotopic (exact) mass is 328 g/mol. The molecule has 2 aliphatic heterocycles. The number of carboxylic acid groups (broad SMARTS) is 1. The number of carboxylic acids is 1. The second-order valence-corrected chi connectivity index (χ2v) is 7.67. The first-order valence-electron chi connectivity index (χ1n) is 7.54. The van der Waals surface area contributed by atoms with Gasteiger partial charge in [0.2, 0.25) is 5.09 Å². The maximum absolute atomic E-state index is 12.4. The van der Waals surface area contributed by atoms with Crippen LogP contribution in [0.5, 0.6) is 0 Å². The minimum atomic E-state index is -3.55. The van der Waals surface area contributed by atoms with Gasteiger partial charge in [-0.2, -0.15) is 4.31 Å². The number of nitrogens with zero attached hydrogens (tertiary/aromatic N) is 2. The second-order valence-electron chi connectivity index (χ2n) is 5.80. The predicted molar refractivity (Wildman–Crippen MR) is 77.8 cm³/mol. The minimum absolute atomic E-state index is 0.0459. The quantitative estimate of drug-likeness (QED) is 0.871. The number of hydrogen-bond acceptors (Lipinski definition) is 5. The van der Waals surface area contributed by atoms with Crippen molar-refractivity contribution in [1.29, 1.82) is 0 Å². The summed E-state index contributed by atoms with van der Waals surface area (Å²) < 4.78 is 31.7. The Balaban J connectivity index is 1.72. The van der Waals surface area contributed by atoms with Gasteiger partial charge in [0.05, 0.1) is 6.54 Å². The number of sulfonamides is 1. The van der Waals surface area contributed by atoms with E-state index >= 15 is 0 Å². The van der Waals surface area contributed by atoms with E-state index in [0.29, 0.717) is 38.4 Å². The van der Waals surface area contributed by atoms with E-state index < -0.39 is 22.0 Å². The number of aliphatic carboxylic acids is 1. The van der Waals surface area contributed by atoms with Gasteiger partial charge in [-0.1, -0.05) is 0 Å². The van der Waals surface area contributed by atoms with Crippen LogP contribution in [0.1, 0.15) is 31.4 Å². The molecule has 0 aliphatic carbocycles. The molecule has 122 valence electrons. The van der Waals surface area contributed by atoms with Crippen LogP contribution in [0.4, 0.5) is 0 Å². The zero-order valence-corrected chi connectivity index (χ0v) is 13.1. The summed E-state index contributed by atoms with van der Waals surface area (Å²) in [6, 6.07) is 2.58. The molecule has 2 aliphatic rings. The van der Waals surface area contributed by atoms with Crippen LogP contribution in [0, 0.1) is 0 Å². The summed E-state index contributed by atoms with van der Waals surface area (Å²) in [5.41, 5.74) is 0. The van der Waals surface area contributed by atoms with Crippen molar-refractivity contribution in [1.82, 2.24) is 9.21 Å². The van der Waals surface area contributed by atoms with Crippen molar-refractivity contribution in [3.63, 3.8) is 0 Å². The molecule has 1 atom stereocenters. The van der Waals surface area contributed by atoms with E-state index in [4.69, 9.17) is 9.52 Å². The first-order valence-corrected chi connectivity index (χ1v) is 8.98. The molecule has 0 aromatic carbocycles. The molecule has 1 aromatic heterocycles. The molecule has 0 saturated carbocycles. The SMILES string of the molecule is O=C(O)[C@@H]1CCCN1Cc1ccc(S(=O)(=O)N2CCCC2)o1. The van der Waals surface area contributed by atoms with Gasteiger partial charge in [0.25, 0.3) is 10.0 Å². The summed E-state index contributed by atoms with van der Waals surface area (Å²) in [6.07, 6.45) is 3.20. The highest BCUT2D eigenvalue weighted by molar-refractivity contribution is 7.89. The Kier molecular flexibility index (Phi) is 4.24. The molecule has 8 heteroatoms. The molecule has 0 unspecified atom stereocenters. The van der Waals surface area contributed by atoms with Gasteiger partial charge < -0.3 is 9.52 Å². The molecule has 2 fully saturated rings. The lowest BCUT2D eigenvalue weighted by molar-refractivity contribution is -0.142. The third-order valence-electron chi connectivity index (χ3n) is 4.30. The Morgan fingerprint density at radius 3 is 2.64 bits per heavy atom. The largest absolute Gasteiger partial charge is 0.480 e. The Morgan fingerprint density at radius 1 is 1.23 bits per heavy atom. The van der Waals surface area contributed by atoms with E-state index in [0.717, 1.165) is 19.3 Å². The number of likely N-dealkylation sites (tertiary alicyclic amines) is 1. The van der Waals surface area contributed by atoms with E-state index in [2.05, 4.69) is 0 Å². The number of carbonyl (C=O) groups is 1. The van der Waals surface area contributed by atoms with Crippen molar-refractivity contribution in [2.24, 2.45) is 0 Å². The van der Waals surface area contributed by atoms with Crippen LogP contribution in [-0.4, -0.2) is 54.4 Å². The molecule has 7 nitrogen and oxygen atoms in total. The third kappa shape index (κ3) is 2.90. The number of furan rings is 1. The van der Waals surface area contributed by atoms with Gasteiger partial charge in [0.1, 0.15) is 11.8 Å². The van der Waals surface area contributed by atoms with E-state index in [1.165, 1.54) is 10.4 Å². The Morgan fingerprint density at radius 2 is 1.95 bits per heavy atom. The molecule has 3 heterocycles. The van der Waals surface area contributed by atoms with Crippen LogP contribution < -0.4 is 0 Å². The summed E-state index contributed by atoms with van der Waals surface area (Å²) in [6.45, 7) is 2.08. The van der Waals surface area contributed by atoms with Gasteiger partial charge >= 0.3 is 5.97 Å². The molecule has 0 amide bonds. The fraction of sp³-hybridized carbons (Fsp3) is 0.643. The number of hydrogen-bond donors (Lipinski definition) is 1. The molecule has 1 aromatic rings. The molecule has 1 N–H and O–H groups in total. The van der Waals surface area contributed by atoms with Gasteiger partial charge in [-0.05, 0) is 44.4 Å². The predicted octanol–water partition coefficient (Wildman–Crippen LogP) is 1.11. The van der Waals surface area contributed by atoms with E-state index in [1.54, 1.807) is 6.07 Å². The van der Waals surface area contributed by atoms with Crippen molar-refractivity contribution in [3.05, 3.63) is 17.9 Å². The first kappa shape index (κ1) is 15.5. The van der Waals surface area contributed by atoms with Crippen LogP contribution >= 0.6 is 0 Å². The molecule has 0 spiro atoms. The van der Waals surface area contributed by atoms with Crippen molar-refractivity contribution in [2.75, 3.05) is 19.6 Å². The van der Waals surface area contributed by atoms with E-state index in [1.807, 2.05) is 4.90 Å². The van der Waals surface area contributed by atoms with Crippen LogP contribution in [0.2, 0.25) is 0 Å². The lowest BCUT2D eigenvalue weighted by atomic mass is 10.2. The fourth-order valence-electron chi connectivity index (χ4n) is 3.13. The van der Waals surface area contributed by atoms with Crippen LogP contribution in [0.25, 0.3) is 0 Å². The molecule has 2 saturated heterocycles. The highest BCUT2D eigenvalue weighted by atomic mass is 32.2. The standard InChI is InChI=1S/C14H20N2O5S/c17-14(18)12-4-3-7-15(12)10-11-5-6-13(21-11)22(19,20)16-8-1-2-9-16/h5-6,12H,1-4,7-10H2,(H,17,18)/t12-/m0/s1. The summed E-state index contributed by atoms with van der Waals surface area (Å²) in [7, 11) is -3.55. The maximum Gasteiger partial charge on any atom is 0.320 e. The second kappa shape index (κ2) is 6.02. The van der Waals surface area contributed by atoms with Gasteiger partial charge in [0.15, 0.2) is 0 Å². The highest BCUT2D eigenvalue weighted by Crippen LogP contribution is 2.25. The van der Waals surface area contributed by atoms with E-state index in [9.17, 15) is 13.2 Å². The molecule has 3 rings (SSSR count). The van der Waals surface area contributed by atoms with Gasteiger partial charge in [0, 0.05) is 13.1 Å². The Hall–Kier alpha value is -1.38. The summed E-state index contributed by atoms with van der Waals surface area (Å²) in [4.78, 5) is 13.0. The van der Waals surface area contributed by atoms with E-state index in [-0.39, 0.29) is 5.09 Å². The molecule has 0 bridgehead atoms.